The van der Waals surface area contributed by atoms with Crippen LogP contribution in [0.3, 0.4) is 0 Å². The molecule has 5 N–H and O–H groups in total. The Morgan fingerprint density at radius 1 is 0.800 bits per heavy atom. The van der Waals surface area contributed by atoms with Gasteiger partial charge in [0.05, 0.1) is 16.3 Å². The van der Waals surface area contributed by atoms with Crippen LogP contribution < -0.4 is 10.6 Å². The maximum Gasteiger partial charge on any atom is 0.296 e. The highest BCUT2D eigenvalue weighted by atomic mass is 32.2. The molecule has 0 aromatic heterocycles. The van der Waals surface area contributed by atoms with Crippen LogP contribution in [0.1, 0.15) is 17.3 Å². The summed E-state index contributed by atoms with van der Waals surface area (Å²) in [5.41, 5.74) is -0.226. The third kappa shape index (κ3) is 6.29. The second-order valence-electron chi connectivity index (χ2n) is 8.34. The number of carbonyl (C=O) groups excluding carboxylic acids is 2. The van der Waals surface area contributed by atoms with Gasteiger partial charge in [0.15, 0.2) is 5.75 Å². The molecule has 0 saturated carbocycles. The number of anilines is 2. The van der Waals surface area contributed by atoms with Crippen LogP contribution in [0, 0.1) is 0 Å². The molecule has 2 amide bonds. The normalized spacial score (nSPS) is 12.0. The monoisotopic (exact) mass is 584 g/mol. The molecule has 206 valence electrons. The molecule has 0 saturated heterocycles. The van der Waals surface area contributed by atoms with Gasteiger partial charge in [-0.1, -0.05) is 18.2 Å². The van der Waals surface area contributed by atoms with Gasteiger partial charge in [-0.2, -0.15) is 21.9 Å². The van der Waals surface area contributed by atoms with Crippen molar-refractivity contribution in [2.45, 2.75) is 16.7 Å². The summed E-state index contributed by atoms with van der Waals surface area (Å²) in [6.45, 7) is 1.32. The number of amides is 2. The van der Waals surface area contributed by atoms with Crippen molar-refractivity contribution in [2.24, 2.45) is 10.2 Å². The molecule has 0 aliphatic heterocycles. The zero-order valence-corrected chi connectivity index (χ0v) is 22.1. The van der Waals surface area contributed by atoms with E-state index in [4.69, 9.17) is 0 Å². The van der Waals surface area contributed by atoms with E-state index in [0.717, 1.165) is 18.2 Å². The molecule has 15 heteroatoms. The maximum atomic E-state index is 12.8. The second kappa shape index (κ2) is 10.8. The van der Waals surface area contributed by atoms with E-state index in [1.54, 1.807) is 18.2 Å². The Balaban J connectivity index is 1.92. The predicted octanol–water partition coefficient (Wildman–Crippen LogP) is 4.66. The van der Waals surface area contributed by atoms with Crippen molar-refractivity contribution < 1.29 is 40.6 Å². The Labute approximate surface area is 227 Å². The lowest BCUT2D eigenvalue weighted by Crippen LogP contribution is -2.13. The summed E-state index contributed by atoms with van der Waals surface area (Å²) in [5.74, 6) is -1.88. The van der Waals surface area contributed by atoms with Crippen molar-refractivity contribution in [3.63, 3.8) is 0 Å². The zero-order chi connectivity index (χ0) is 29.2. The van der Waals surface area contributed by atoms with Gasteiger partial charge >= 0.3 is 0 Å². The van der Waals surface area contributed by atoms with E-state index in [1.807, 2.05) is 0 Å². The molecule has 0 aliphatic rings. The Morgan fingerprint density at radius 2 is 1.45 bits per heavy atom. The lowest BCUT2D eigenvalue weighted by atomic mass is 10.1. The number of benzene rings is 4. The summed E-state index contributed by atoms with van der Waals surface area (Å²) in [6.07, 6.45) is 0. The molecule has 4 aromatic carbocycles. The molecular formula is C25H20N4O9S2. The number of nitrogens with one attached hydrogen (secondary N) is 2. The van der Waals surface area contributed by atoms with Crippen molar-refractivity contribution in [1.82, 2.24) is 0 Å². The molecule has 0 fully saturated rings. The number of phenolic OH excluding ortho intramolecular Hbond substituents is 1. The minimum Gasteiger partial charge on any atom is -0.505 e. The van der Waals surface area contributed by atoms with Gasteiger partial charge in [0.1, 0.15) is 10.6 Å². The number of rotatable bonds is 7. The van der Waals surface area contributed by atoms with Crippen LogP contribution in [0.25, 0.3) is 10.8 Å². The van der Waals surface area contributed by atoms with Crippen molar-refractivity contribution in [2.75, 3.05) is 10.6 Å². The minimum atomic E-state index is -5.06. The van der Waals surface area contributed by atoms with Gasteiger partial charge in [0, 0.05) is 23.6 Å². The van der Waals surface area contributed by atoms with E-state index in [9.17, 15) is 40.6 Å². The van der Waals surface area contributed by atoms with Gasteiger partial charge in [-0.05, 0) is 60.0 Å². The molecule has 0 spiro atoms. The van der Waals surface area contributed by atoms with E-state index in [0.29, 0.717) is 5.69 Å². The van der Waals surface area contributed by atoms with Gasteiger partial charge in [0.25, 0.3) is 26.1 Å². The maximum absolute atomic E-state index is 12.8. The molecule has 0 radical (unpaired) electrons. The summed E-state index contributed by atoms with van der Waals surface area (Å²) in [5, 5.41) is 23.3. The van der Waals surface area contributed by atoms with E-state index in [2.05, 4.69) is 20.9 Å². The predicted molar refractivity (Wildman–Crippen MR) is 145 cm³/mol. The Kier molecular flexibility index (Phi) is 7.66. The van der Waals surface area contributed by atoms with E-state index >= 15 is 0 Å². The van der Waals surface area contributed by atoms with E-state index < -0.39 is 47.4 Å². The molecule has 0 atom stereocenters. The molecule has 0 bridgehead atoms. The molecule has 4 aromatic rings. The van der Waals surface area contributed by atoms with Crippen LogP contribution >= 0.6 is 0 Å². The lowest BCUT2D eigenvalue weighted by molar-refractivity contribution is -0.114. The van der Waals surface area contributed by atoms with Gasteiger partial charge in [-0.15, -0.1) is 5.11 Å². The highest BCUT2D eigenvalue weighted by Gasteiger charge is 2.26. The van der Waals surface area contributed by atoms with E-state index in [-0.39, 0.29) is 33.6 Å². The molecule has 0 aliphatic carbocycles. The quantitative estimate of drug-likeness (QED) is 0.151. The largest absolute Gasteiger partial charge is 0.505 e. The zero-order valence-electron chi connectivity index (χ0n) is 20.4. The Hall–Kier alpha value is -4.70. The lowest BCUT2D eigenvalue weighted by Gasteiger charge is -2.15. The number of phenols is 1. The molecule has 0 heterocycles. The number of fused-ring (bicyclic) bond motifs is 1. The fourth-order valence-electron chi connectivity index (χ4n) is 3.71. The third-order valence-electron chi connectivity index (χ3n) is 5.44. The second-order valence-corrected chi connectivity index (χ2v) is 11.2. The van der Waals surface area contributed by atoms with Crippen LogP contribution in [0.2, 0.25) is 0 Å². The number of azo groups is 1. The standard InChI is InChI=1S/C25H20N4O9S2/c1-14(30)26-17-7-9-18(10-8-17)28-29-23-21(40(36,37)38)12-16-11-19(39(33,34)35)13-20(22(16)24(23)31)27-25(32)15-5-3-2-4-6-15/h2-13,31H,1H3,(H,26,30)(H,27,32)(H,33,34,35)(H,36,37,38). The number of nitrogens with zero attached hydrogens (tertiary/aromatic N) is 2. The number of carbonyl (C=O) groups is 2. The summed E-state index contributed by atoms with van der Waals surface area (Å²) in [4.78, 5) is 22.4. The van der Waals surface area contributed by atoms with Crippen LogP contribution in [-0.4, -0.2) is 42.9 Å². The van der Waals surface area contributed by atoms with Gasteiger partial charge in [0.2, 0.25) is 5.91 Å². The summed E-state index contributed by atoms with van der Waals surface area (Å²) in [6, 6.07) is 16.1. The Bertz CT molecular complexity index is 1890. The number of aromatic hydroxyl groups is 1. The van der Waals surface area contributed by atoms with Crippen molar-refractivity contribution in [1.29, 1.82) is 0 Å². The smallest absolute Gasteiger partial charge is 0.296 e. The number of hydrogen-bond acceptors (Lipinski definition) is 9. The first-order chi connectivity index (χ1) is 18.7. The summed E-state index contributed by atoms with van der Waals surface area (Å²) in [7, 11) is -9.92. The summed E-state index contributed by atoms with van der Waals surface area (Å²) < 4.78 is 67.7. The third-order valence-corrected chi connectivity index (χ3v) is 7.13. The van der Waals surface area contributed by atoms with Crippen molar-refractivity contribution in [3.8, 4) is 5.75 Å². The SMILES string of the molecule is CC(=O)Nc1ccc(N=Nc2c(S(=O)(=O)O)cc3cc(S(=O)(=O)O)cc(NC(=O)c4ccccc4)c3c2O)cc1. The minimum absolute atomic E-state index is 0.171. The molecule has 13 nitrogen and oxygen atoms in total. The van der Waals surface area contributed by atoms with Crippen LogP contribution in [0.15, 0.2) is 92.8 Å². The van der Waals surface area contributed by atoms with Gasteiger partial charge in [-0.3, -0.25) is 18.7 Å². The fraction of sp³-hybridized carbons (Fsp3) is 0.0400. The van der Waals surface area contributed by atoms with Crippen molar-refractivity contribution in [3.05, 3.63) is 78.4 Å². The Morgan fingerprint density at radius 3 is 2.02 bits per heavy atom. The molecule has 40 heavy (non-hydrogen) atoms. The highest BCUT2D eigenvalue weighted by Crippen LogP contribution is 2.45. The average Bonchev–Trinajstić information content (AvgIpc) is 2.87. The first kappa shape index (κ1) is 28.3. The highest BCUT2D eigenvalue weighted by molar-refractivity contribution is 7.86. The molecule has 0 unspecified atom stereocenters. The van der Waals surface area contributed by atoms with Gasteiger partial charge < -0.3 is 15.7 Å². The fourth-order valence-corrected chi connectivity index (χ4v) is 4.91. The first-order valence-electron chi connectivity index (χ1n) is 11.2. The number of hydrogen-bond donors (Lipinski definition) is 5. The average molecular weight is 585 g/mol. The van der Waals surface area contributed by atoms with Crippen LogP contribution in [0.5, 0.6) is 5.75 Å². The molecular weight excluding hydrogens is 564 g/mol. The first-order valence-corrected chi connectivity index (χ1v) is 14.1. The summed E-state index contributed by atoms with van der Waals surface area (Å²) >= 11 is 0. The van der Waals surface area contributed by atoms with Crippen LogP contribution in [0.4, 0.5) is 22.7 Å². The van der Waals surface area contributed by atoms with E-state index in [1.165, 1.54) is 43.3 Å². The van der Waals surface area contributed by atoms with Crippen LogP contribution in [-0.2, 0) is 25.0 Å². The topological polar surface area (TPSA) is 212 Å². The molecule has 4 rings (SSSR count). The van der Waals surface area contributed by atoms with Gasteiger partial charge in [-0.25, -0.2) is 0 Å². The van der Waals surface area contributed by atoms with Crippen molar-refractivity contribution >= 4 is 65.6 Å².